The van der Waals surface area contributed by atoms with Gasteiger partial charge in [-0.15, -0.1) is 0 Å². The van der Waals surface area contributed by atoms with E-state index in [9.17, 15) is 18.3 Å². The summed E-state index contributed by atoms with van der Waals surface area (Å²) >= 11 is 0. The first-order valence-corrected chi connectivity index (χ1v) is 8.98. The fraction of sp³-hybridized carbons (Fsp3) is 0.684. The number of benzene rings is 1. The Labute approximate surface area is 143 Å². The van der Waals surface area contributed by atoms with E-state index in [2.05, 4.69) is 6.92 Å². The number of aromatic hydroxyl groups is 1. The number of hydrogen-bond donors (Lipinski definition) is 1. The van der Waals surface area contributed by atoms with Gasteiger partial charge in [-0.1, -0.05) is 64.7 Å². The lowest BCUT2D eigenvalue weighted by Crippen LogP contribution is -2.05. The quantitative estimate of drug-likeness (QED) is 0.426. The molecule has 0 aromatic heterocycles. The van der Waals surface area contributed by atoms with E-state index < -0.39 is 17.5 Å². The Bertz CT molecular complexity index is 458. The summed E-state index contributed by atoms with van der Waals surface area (Å²) in [5, 5.41) is 9.40. The molecule has 1 N–H and O–H groups in total. The lowest BCUT2D eigenvalue weighted by atomic mass is 10.1. The van der Waals surface area contributed by atoms with Gasteiger partial charge in [-0.3, -0.25) is 0 Å². The summed E-state index contributed by atoms with van der Waals surface area (Å²) in [4.78, 5) is 0. The third-order valence-electron chi connectivity index (χ3n) is 4.04. The molecule has 0 fully saturated rings. The maximum atomic E-state index is 12.5. The van der Waals surface area contributed by atoms with Crippen LogP contribution in [0, 0.1) is 0 Å². The maximum Gasteiger partial charge on any atom is 0.419 e. The van der Waals surface area contributed by atoms with E-state index in [-0.39, 0.29) is 5.75 Å². The van der Waals surface area contributed by atoms with Crippen LogP contribution in [0.25, 0.3) is 0 Å². The Morgan fingerprint density at radius 3 is 1.92 bits per heavy atom. The summed E-state index contributed by atoms with van der Waals surface area (Å²) in [6, 6.07) is 3.13. The largest absolute Gasteiger partial charge is 0.507 e. The van der Waals surface area contributed by atoms with Crippen molar-refractivity contribution < 1.29 is 23.0 Å². The topological polar surface area (TPSA) is 29.5 Å². The number of phenols is 1. The molecule has 24 heavy (non-hydrogen) atoms. The lowest BCUT2D eigenvalue weighted by Gasteiger charge is -2.11. The molecule has 1 aromatic carbocycles. The fourth-order valence-electron chi connectivity index (χ4n) is 2.62. The monoisotopic (exact) mass is 346 g/mol. The van der Waals surface area contributed by atoms with Gasteiger partial charge in [-0.05, 0) is 18.6 Å². The summed E-state index contributed by atoms with van der Waals surface area (Å²) in [6.07, 6.45) is 7.63. The van der Waals surface area contributed by atoms with E-state index in [1.807, 2.05) is 0 Å². The minimum atomic E-state index is -4.54. The number of hydrogen-bond acceptors (Lipinski definition) is 2. The van der Waals surface area contributed by atoms with Gasteiger partial charge in [0.15, 0.2) is 0 Å². The van der Waals surface area contributed by atoms with Crippen molar-refractivity contribution in [1.29, 1.82) is 0 Å². The molecule has 0 aliphatic carbocycles. The van der Waals surface area contributed by atoms with Gasteiger partial charge in [0, 0.05) is 6.07 Å². The average Bonchev–Trinajstić information content (AvgIpc) is 2.51. The highest BCUT2D eigenvalue weighted by molar-refractivity contribution is 5.41. The van der Waals surface area contributed by atoms with Gasteiger partial charge < -0.3 is 9.84 Å². The third kappa shape index (κ3) is 8.46. The molecule has 0 spiro atoms. The molecule has 1 aromatic rings. The lowest BCUT2D eigenvalue weighted by molar-refractivity contribution is -0.138. The van der Waals surface area contributed by atoms with Crippen LogP contribution in [0.4, 0.5) is 13.2 Å². The number of phenolic OH excluding ortho intramolecular Hbond substituents is 1. The zero-order valence-corrected chi connectivity index (χ0v) is 14.5. The standard InChI is InChI=1S/C19H29F3O2/c1-2-3-4-5-6-7-8-9-10-11-14-24-16-12-13-17(18(23)15-16)19(20,21)22/h12-13,15,23H,2-11,14H2,1H3. The molecular weight excluding hydrogens is 317 g/mol. The zero-order chi connectivity index (χ0) is 17.8. The number of rotatable bonds is 12. The van der Waals surface area contributed by atoms with Crippen molar-refractivity contribution in [2.45, 2.75) is 77.3 Å². The van der Waals surface area contributed by atoms with Crippen molar-refractivity contribution in [3.8, 4) is 11.5 Å². The van der Waals surface area contributed by atoms with E-state index >= 15 is 0 Å². The van der Waals surface area contributed by atoms with Crippen LogP contribution in [0.3, 0.4) is 0 Å². The summed E-state index contributed by atoms with van der Waals surface area (Å²) in [5.41, 5.74) is -1.03. The van der Waals surface area contributed by atoms with Crippen LogP contribution in [-0.2, 0) is 6.18 Å². The Morgan fingerprint density at radius 1 is 0.875 bits per heavy atom. The van der Waals surface area contributed by atoms with Crippen LogP contribution in [0.5, 0.6) is 11.5 Å². The SMILES string of the molecule is CCCCCCCCCCCCOc1ccc(C(F)(F)F)c(O)c1. The van der Waals surface area contributed by atoms with E-state index in [1.165, 1.54) is 51.0 Å². The Hall–Kier alpha value is -1.39. The second-order valence-electron chi connectivity index (χ2n) is 6.21. The highest BCUT2D eigenvalue weighted by Crippen LogP contribution is 2.37. The van der Waals surface area contributed by atoms with Gasteiger partial charge >= 0.3 is 6.18 Å². The number of halogens is 3. The van der Waals surface area contributed by atoms with Gasteiger partial charge in [-0.2, -0.15) is 13.2 Å². The van der Waals surface area contributed by atoms with Crippen LogP contribution in [-0.4, -0.2) is 11.7 Å². The molecule has 5 heteroatoms. The second-order valence-corrected chi connectivity index (χ2v) is 6.21. The fourth-order valence-corrected chi connectivity index (χ4v) is 2.62. The molecule has 0 atom stereocenters. The molecule has 0 saturated carbocycles. The van der Waals surface area contributed by atoms with Crippen molar-refractivity contribution in [2.24, 2.45) is 0 Å². The predicted octanol–water partition coefficient (Wildman–Crippen LogP) is 6.71. The molecule has 0 heterocycles. The van der Waals surface area contributed by atoms with Crippen molar-refractivity contribution >= 4 is 0 Å². The van der Waals surface area contributed by atoms with Crippen molar-refractivity contribution in [3.05, 3.63) is 23.8 Å². The predicted molar refractivity (Wildman–Crippen MR) is 90.4 cm³/mol. The van der Waals surface area contributed by atoms with Crippen molar-refractivity contribution in [3.63, 3.8) is 0 Å². The first-order chi connectivity index (χ1) is 11.4. The average molecular weight is 346 g/mol. The first-order valence-electron chi connectivity index (χ1n) is 8.98. The Balaban J connectivity index is 2.08. The highest BCUT2D eigenvalue weighted by Gasteiger charge is 2.33. The highest BCUT2D eigenvalue weighted by atomic mass is 19.4. The molecule has 0 bridgehead atoms. The second kappa shape index (κ2) is 11.2. The molecule has 0 amide bonds. The van der Waals surface area contributed by atoms with Gasteiger partial charge in [-0.25, -0.2) is 0 Å². The van der Waals surface area contributed by atoms with Crippen LogP contribution in [0.2, 0.25) is 0 Å². The number of unbranched alkanes of at least 4 members (excludes halogenated alkanes) is 9. The van der Waals surface area contributed by atoms with Crippen molar-refractivity contribution in [2.75, 3.05) is 6.61 Å². The first kappa shape index (κ1) is 20.7. The van der Waals surface area contributed by atoms with Crippen LogP contribution in [0.15, 0.2) is 18.2 Å². The summed E-state index contributed by atoms with van der Waals surface area (Å²) < 4.78 is 43.0. The maximum absolute atomic E-state index is 12.5. The van der Waals surface area contributed by atoms with Crippen molar-refractivity contribution in [1.82, 2.24) is 0 Å². The smallest absolute Gasteiger partial charge is 0.419 e. The molecular formula is C19H29F3O2. The molecule has 2 nitrogen and oxygen atoms in total. The van der Waals surface area contributed by atoms with Gasteiger partial charge in [0.2, 0.25) is 0 Å². The van der Waals surface area contributed by atoms with E-state index in [0.29, 0.717) is 6.61 Å². The molecule has 0 aliphatic rings. The van der Waals surface area contributed by atoms with E-state index in [1.54, 1.807) is 0 Å². The van der Waals surface area contributed by atoms with E-state index in [0.717, 1.165) is 31.4 Å². The third-order valence-corrected chi connectivity index (χ3v) is 4.04. The minimum absolute atomic E-state index is 0.274. The molecule has 0 aliphatic heterocycles. The van der Waals surface area contributed by atoms with Gasteiger partial charge in [0.25, 0.3) is 0 Å². The Kier molecular flexibility index (Phi) is 9.65. The molecule has 1 rings (SSSR count). The van der Waals surface area contributed by atoms with Crippen LogP contribution in [0.1, 0.15) is 76.7 Å². The normalized spacial score (nSPS) is 11.7. The van der Waals surface area contributed by atoms with Crippen LogP contribution >= 0.6 is 0 Å². The number of alkyl halides is 3. The van der Waals surface area contributed by atoms with Gasteiger partial charge in [0.1, 0.15) is 11.5 Å². The summed E-state index contributed by atoms with van der Waals surface area (Å²) in [7, 11) is 0. The zero-order valence-electron chi connectivity index (χ0n) is 14.5. The molecule has 0 unspecified atom stereocenters. The molecule has 138 valence electrons. The Morgan fingerprint density at radius 2 is 1.42 bits per heavy atom. The minimum Gasteiger partial charge on any atom is -0.507 e. The van der Waals surface area contributed by atoms with Gasteiger partial charge in [0.05, 0.1) is 12.2 Å². The summed E-state index contributed by atoms with van der Waals surface area (Å²) in [5.74, 6) is -0.514. The van der Waals surface area contributed by atoms with E-state index in [4.69, 9.17) is 4.74 Å². The molecule has 0 saturated heterocycles. The van der Waals surface area contributed by atoms with Crippen LogP contribution < -0.4 is 4.74 Å². The number of ether oxygens (including phenoxy) is 1. The summed E-state index contributed by atoms with van der Waals surface area (Å²) in [6.45, 7) is 2.68. The molecule has 0 radical (unpaired) electrons.